The summed E-state index contributed by atoms with van der Waals surface area (Å²) in [5, 5.41) is 3.97. The molecular formula is C26H34N2O6SSi. The van der Waals surface area contributed by atoms with Gasteiger partial charge in [-0.25, -0.2) is 12.7 Å². The zero-order valence-electron chi connectivity index (χ0n) is 21.7. The van der Waals surface area contributed by atoms with E-state index in [9.17, 15) is 13.2 Å². The second kappa shape index (κ2) is 11.5. The molecule has 36 heavy (non-hydrogen) atoms. The van der Waals surface area contributed by atoms with Gasteiger partial charge in [0.15, 0.2) is 0 Å². The van der Waals surface area contributed by atoms with Crippen LogP contribution in [0.2, 0.25) is 25.7 Å². The molecule has 0 spiro atoms. The summed E-state index contributed by atoms with van der Waals surface area (Å²) in [7, 11) is -3.95. The predicted octanol–water partition coefficient (Wildman–Crippen LogP) is 5.42. The van der Waals surface area contributed by atoms with Gasteiger partial charge in [0.05, 0.1) is 17.2 Å². The Morgan fingerprint density at radius 1 is 1.08 bits per heavy atom. The number of methoxy groups -OCH3 is 1. The smallest absolute Gasteiger partial charge is 0.269 e. The number of aldehydes is 1. The number of rotatable bonds is 12. The molecule has 0 atom stereocenters. The standard InChI is InChI=1S/C26H34N2O6SSi/c1-19-20(2)27-34-26(19)28(18-33-13-14-36(4,5)6)35(30,31)25-10-8-7-9-24(25)23-12-11-21(16-29)15-22(23)17-32-3/h7-12,15-16H,13-14,17-18H2,1-6H3. The van der Waals surface area contributed by atoms with Gasteiger partial charge in [-0.2, -0.15) is 0 Å². The zero-order valence-corrected chi connectivity index (χ0v) is 23.5. The lowest BCUT2D eigenvalue weighted by molar-refractivity contribution is 0.112. The molecule has 0 saturated heterocycles. The number of sulfonamides is 1. The van der Waals surface area contributed by atoms with E-state index in [2.05, 4.69) is 24.8 Å². The molecule has 8 nitrogen and oxygen atoms in total. The van der Waals surface area contributed by atoms with E-state index in [-0.39, 0.29) is 24.1 Å². The minimum atomic E-state index is -4.13. The van der Waals surface area contributed by atoms with Crippen LogP contribution in [0.25, 0.3) is 11.1 Å². The summed E-state index contributed by atoms with van der Waals surface area (Å²) < 4.78 is 46.1. The van der Waals surface area contributed by atoms with E-state index in [1.165, 1.54) is 0 Å². The minimum Gasteiger partial charge on any atom is -0.380 e. The maximum absolute atomic E-state index is 14.2. The van der Waals surface area contributed by atoms with Gasteiger partial charge in [0.1, 0.15) is 13.0 Å². The zero-order chi connectivity index (χ0) is 26.5. The highest BCUT2D eigenvalue weighted by Gasteiger charge is 2.33. The number of carbonyl (C=O) groups is 1. The van der Waals surface area contributed by atoms with Gasteiger partial charge in [0.2, 0.25) is 5.88 Å². The lowest BCUT2D eigenvalue weighted by Crippen LogP contribution is -2.34. The highest BCUT2D eigenvalue weighted by molar-refractivity contribution is 7.93. The first-order valence-corrected chi connectivity index (χ1v) is 16.8. The number of benzene rings is 2. The monoisotopic (exact) mass is 530 g/mol. The number of nitrogens with zero attached hydrogens (tertiary/aromatic N) is 2. The fourth-order valence-electron chi connectivity index (χ4n) is 3.66. The van der Waals surface area contributed by atoms with Crippen molar-refractivity contribution in [1.82, 2.24) is 5.16 Å². The van der Waals surface area contributed by atoms with E-state index in [4.69, 9.17) is 14.0 Å². The molecule has 0 bridgehead atoms. The van der Waals surface area contributed by atoms with Gasteiger partial charge in [-0.3, -0.25) is 4.79 Å². The molecule has 0 aliphatic heterocycles. The summed E-state index contributed by atoms with van der Waals surface area (Å²) in [5.41, 5.74) is 3.56. The van der Waals surface area contributed by atoms with Crippen LogP contribution in [0.3, 0.4) is 0 Å². The highest BCUT2D eigenvalue weighted by atomic mass is 32.2. The van der Waals surface area contributed by atoms with Gasteiger partial charge in [-0.1, -0.05) is 55.1 Å². The molecule has 0 aliphatic carbocycles. The Kier molecular flexibility index (Phi) is 8.88. The number of anilines is 1. The average Bonchev–Trinajstić information content (AvgIpc) is 3.16. The summed E-state index contributed by atoms with van der Waals surface area (Å²) >= 11 is 0. The van der Waals surface area contributed by atoms with Gasteiger partial charge in [-0.05, 0) is 43.2 Å². The van der Waals surface area contributed by atoms with Crippen molar-refractivity contribution in [2.75, 3.05) is 24.8 Å². The van der Waals surface area contributed by atoms with Crippen molar-refractivity contribution in [2.45, 2.75) is 51.0 Å². The molecule has 3 rings (SSSR count). The molecule has 0 saturated carbocycles. The molecular weight excluding hydrogens is 496 g/mol. The van der Waals surface area contributed by atoms with Crippen LogP contribution >= 0.6 is 0 Å². The van der Waals surface area contributed by atoms with Gasteiger partial charge in [0.25, 0.3) is 10.0 Å². The number of aromatic nitrogens is 1. The topological polar surface area (TPSA) is 98.9 Å². The average molecular weight is 531 g/mol. The molecule has 10 heteroatoms. The second-order valence-electron chi connectivity index (χ2n) is 9.86. The van der Waals surface area contributed by atoms with Crippen LogP contribution in [-0.2, 0) is 26.1 Å². The van der Waals surface area contributed by atoms with Crippen LogP contribution in [0.4, 0.5) is 5.88 Å². The van der Waals surface area contributed by atoms with Crippen LogP contribution in [0.1, 0.15) is 27.2 Å². The normalized spacial score (nSPS) is 12.1. The van der Waals surface area contributed by atoms with Crippen molar-refractivity contribution in [3.63, 3.8) is 0 Å². The van der Waals surface area contributed by atoms with Crippen molar-refractivity contribution in [1.29, 1.82) is 0 Å². The van der Waals surface area contributed by atoms with E-state index in [1.807, 2.05) is 0 Å². The SMILES string of the molecule is COCc1cc(C=O)ccc1-c1ccccc1S(=O)(=O)N(COCC[Si](C)(C)C)c1onc(C)c1C. The lowest BCUT2D eigenvalue weighted by Gasteiger charge is -2.24. The van der Waals surface area contributed by atoms with Gasteiger partial charge in [0, 0.05) is 38.5 Å². The molecule has 0 fully saturated rings. The Morgan fingerprint density at radius 2 is 1.81 bits per heavy atom. The Bertz CT molecular complexity index is 1310. The second-order valence-corrected chi connectivity index (χ2v) is 17.3. The van der Waals surface area contributed by atoms with E-state index in [0.717, 1.165) is 16.6 Å². The quantitative estimate of drug-likeness (QED) is 0.133. The minimum absolute atomic E-state index is 0.0865. The number of carbonyl (C=O) groups excluding carboxylic acids is 1. The first-order chi connectivity index (χ1) is 17.0. The molecule has 0 aliphatic rings. The third-order valence-corrected chi connectivity index (χ3v) is 9.34. The third kappa shape index (κ3) is 6.30. The molecule has 1 aromatic heterocycles. The fraction of sp³-hybridized carbons (Fsp3) is 0.385. The van der Waals surface area contributed by atoms with Crippen molar-refractivity contribution in [2.24, 2.45) is 0 Å². The molecule has 3 aromatic rings. The van der Waals surface area contributed by atoms with Crippen LogP contribution in [-0.4, -0.2) is 48.4 Å². The van der Waals surface area contributed by atoms with E-state index in [1.54, 1.807) is 63.4 Å². The predicted molar refractivity (Wildman–Crippen MR) is 143 cm³/mol. The number of hydrogen-bond donors (Lipinski definition) is 0. The Labute approximate surface area is 214 Å². The summed E-state index contributed by atoms with van der Waals surface area (Å²) in [6.07, 6.45) is 0.750. The van der Waals surface area contributed by atoms with E-state index >= 15 is 0 Å². The van der Waals surface area contributed by atoms with Crippen molar-refractivity contribution >= 4 is 30.3 Å². The summed E-state index contributed by atoms with van der Waals surface area (Å²) in [6.45, 7) is 10.7. The molecule has 1 heterocycles. The summed E-state index contributed by atoms with van der Waals surface area (Å²) in [4.78, 5) is 11.4. The van der Waals surface area contributed by atoms with Gasteiger partial charge < -0.3 is 14.0 Å². The highest BCUT2D eigenvalue weighted by Crippen LogP contribution is 2.35. The van der Waals surface area contributed by atoms with Gasteiger partial charge >= 0.3 is 0 Å². The van der Waals surface area contributed by atoms with Crippen molar-refractivity contribution in [3.8, 4) is 11.1 Å². The Balaban J connectivity index is 2.10. The number of aryl methyl sites for hydroxylation is 1. The maximum Gasteiger partial charge on any atom is 0.269 e. The first-order valence-electron chi connectivity index (χ1n) is 11.7. The summed E-state index contributed by atoms with van der Waals surface area (Å²) in [5.74, 6) is 0.128. The van der Waals surface area contributed by atoms with Crippen molar-refractivity contribution in [3.05, 3.63) is 64.8 Å². The van der Waals surface area contributed by atoms with E-state index in [0.29, 0.717) is 40.1 Å². The fourth-order valence-corrected chi connectivity index (χ4v) is 5.96. The molecule has 194 valence electrons. The van der Waals surface area contributed by atoms with Crippen LogP contribution in [0, 0.1) is 13.8 Å². The Morgan fingerprint density at radius 3 is 2.42 bits per heavy atom. The number of ether oxygens (including phenoxy) is 2. The number of hydrogen-bond acceptors (Lipinski definition) is 7. The lowest BCUT2D eigenvalue weighted by atomic mass is 9.98. The maximum atomic E-state index is 14.2. The molecule has 0 unspecified atom stereocenters. The molecule has 0 N–H and O–H groups in total. The molecule has 2 aromatic carbocycles. The van der Waals surface area contributed by atoms with Crippen LogP contribution in [0.15, 0.2) is 51.9 Å². The molecule has 0 radical (unpaired) electrons. The molecule has 0 amide bonds. The summed E-state index contributed by atoms with van der Waals surface area (Å²) in [6, 6.07) is 12.8. The van der Waals surface area contributed by atoms with Crippen molar-refractivity contribution < 1.29 is 27.2 Å². The third-order valence-electron chi connectivity index (χ3n) is 5.87. The largest absolute Gasteiger partial charge is 0.380 e. The first kappa shape index (κ1) is 27.8. The van der Waals surface area contributed by atoms with Crippen LogP contribution in [0.5, 0.6) is 0 Å². The van der Waals surface area contributed by atoms with Gasteiger partial charge in [-0.15, -0.1) is 0 Å². The van der Waals surface area contributed by atoms with Crippen LogP contribution < -0.4 is 4.31 Å². The van der Waals surface area contributed by atoms with E-state index < -0.39 is 18.1 Å². The Hall–Kier alpha value is -2.79.